The van der Waals surface area contributed by atoms with Gasteiger partial charge in [0.2, 0.25) is 0 Å². The molecule has 1 fully saturated rings. The Kier molecular flexibility index (Phi) is 3.93. The maximum absolute atomic E-state index is 5.85. The van der Waals surface area contributed by atoms with E-state index >= 15 is 0 Å². The van der Waals surface area contributed by atoms with Crippen molar-refractivity contribution in [2.75, 3.05) is 12.9 Å². The Morgan fingerprint density at radius 2 is 2.27 bits per heavy atom. The molecular weight excluding hydrogens is 223 g/mol. The van der Waals surface area contributed by atoms with E-state index in [9.17, 15) is 0 Å². The number of rotatable bonds is 4. The zero-order valence-electron chi connectivity index (χ0n) is 9.03. The van der Waals surface area contributed by atoms with E-state index in [1.807, 2.05) is 0 Å². The van der Waals surface area contributed by atoms with Crippen molar-refractivity contribution < 1.29 is 4.74 Å². The molecule has 1 aromatic carbocycles. The maximum atomic E-state index is 5.85. The van der Waals surface area contributed by atoms with Gasteiger partial charge in [-0.15, -0.1) is 21.0 Å². The van der Waals surface area contributed by atoms with Gasteiger partial charge in [0.15, 0.2) is 0 Å². The highest BCUT2D eigenvalue weighted by Crippen LogP contribution is 2.28. The Hall–Kier alpha value is -0.200. The maximum Gasteiger partial charge on any atom is 0.127 e. The lowest BCUT2D eigenvalue weighted by atomic mass is 9.86. The molecule has 0 aromatic heterocycles. The summed E-state index contributed by atoms with van der Waals surface area (Å²) >= 11 is 1.76. The molecule has 1 saturated carbocycles. The summed E-state index contributed by atoms with van der Waals surface area (Å²) in [5, 5.41) is 1.16. The number of thioether (sulfide) groups is 1. The van der Waals surface area contributed by atoms with Gasteiger partial charge in [0.1, 0.15) is 5.75 Å². The predicted octanol–water partition coefficient (Wildman–Crippen LogP) is 3.09. The van der Waals surface area contributed by atoms with Crippen LogP contribution in [0.4, 0.5) is 0 Å². The second-order valence-corrected chi connectivity index (χ2v) is 5.51. The Bertz CT molecular complexity index is 336. The van der Waals surface area contributed by atoms with Crippen LogP contribution in [0.2, 0.25) is 0 Å². The summed E-state index contributed by atoms with van der Waals surface area (Å²) < 4.78 is 5.85. The van der Waals surface area contributed by atoms with Crippen molar-refractivity contribution in [2.24, 2.45) is 5.92 Å². The van der Waals surface area contributed by atoms with E-state index in [1.54, 1.807) is 11.8 Å². The molecule has 1 unspecified atom stereocenters. The predicted molar refractivity (Wildman–Crippen MR) is 70.4 cm³/mol. The van der Waals surface area contributed by atoms with Crippen LogP contribution in [0, 0.1) is 5.92 Å². The number of ether oxygens (including phenoxy) is 1. The average molecular weight is 240 g/mol. The Labute approximate surface area is 98.2 Å². The van der Waals surface area contributed by atoms with Crippen molar-refractivity contribution in [3.63, 3.8) is 0 Å². The SMILES string of the molecule is CSc1ccc(P)c(OCC2CCC2)c1. The zero-order valence-corrected chi connectivity index (χ0v) is 11.0. The lowest BCUT2D eigenvalue weighted by Crippen LogP contribution is -2.20. The summed E-state index contributed by atoms with van der Waals surface area (Å²) in [6.45, 7) is 0.888. The minimum absolute atomic E-state index is 0.798. The van der Waals surface area contributed by atoms with Crippen molar-refractivity contribution in [3.8, 4) is 5.75 Å². The third kappa shape index (κ3) is 2.89. The van der Waals surface area contributed by atoms with Gasteiger partial charge in [0.25, 0.3) is 0 Å². The van der Waals surface area contributed by atoms with Crippen LogP contribution in [0.5, 0.6) is 5.75 Å². The van der Waals surface area contributed by atoms with Gasteiger partial charge in [-0.3, -0.25) is 0 Å². The molecule has 0 heterocycles. The zero-order chi connectivity index (χ0) is 10.7. The van der Waals surface area contributed by atoms with Crippen molar-refractivity contribution in [1.82, 2.24) is 0 Å². The van der Waals surface area contributed by atoms with E-state index in [-0.39, 0.29) is 0 Å². The molecule has 15 heavy (non-hydrogen) atoms. The van der Waals surface area contributed by atoms with Crippen LogP contribution in [0.25, 0.3) is 0 Å². The first kappa shape index (κ1) is 11.3. The highest BCUT2D eigenvalue weighted by molar-refractivity contribution is 7.98. The second-order valence-electron chi connectivity index (χ2n) is 4.01. The molecule has 1 aliphatic rings. The first-order valence-electron chi connectivity index (χ1n) is 5.36. The first-order chi connectivity index (χ1) is 7.29. The van der Waals surface area contributed by atoms with Gasteiger partial charge >= 0.3 is 0 Å². The number of hydrogen-bond acceptors (Lipinski definition) is 2. The number of benzene rings is 1. The standard InChI is InChI=1S/C12H17OPS/c1-15-10-5-6-12(14)11(7-10)13-8-9-3-2-4-9/h5-7,9H,2-4,8,14H2,1H3. The van der Waals surface area contributed by atoms with Gasteiger partial charge in [-0.05, 0) is 37.1 Å². The lowest BCUT2D eigenvalue weighted by molar-refractivity contribution is 0.181. The summed E-state index contributed by atoms with van der Waals surface area (Å²) in [7, 11) is 2.74. The summed E-state index contributed by atoms with van der Waals surface area (Å²) in [6.07, 6.45) is 6.16. The van der Waals surface area contributed by atoms with Crippen molar-refractivity contribution in [1.29, 1.82) is 0 Å². The van der Waals surface area contributed by atoms with Crippen molar-refractivity contribution in [3.05, 3.63) is 18.2 Å². The van der Waals surface area contributed by atoms with E-state index in [4.69, 9.17) is 4.74 Å². The molecule has 0 N–H and O–H groups in total. The molecular formula is C12H17OPS. The molecule has 1 aromatic rings. The molecule has 0 saturated heterocycles. The molecule has 0 bridgehead atoms. The fraction of sp³-hybridized carbons (Fsp3) is 0.500. The van der Waals surface area contributed by atoms with E-state index in [0.717, 1.165) is 23.6 Å². The molecule has 82 valence electrons. The van der Waals surface area contributed by atoms with Crippen molar-refractivity contribution >= 4 is 26.3 Å². The molecule has 0 aliphatic heterocycles. The van der Waals surface area contributed by atoms with Crippen LogP contribution in [0.1, 0.15) is 19.3 Å². The molecule has 1 nitrogen and oxygen atoms in total. The monoisotopic (exact) mass is 240 g/mol. The van der Waals surface area contributed by atoms with Crippen LogP contribution >= 0.6 is 21.0 Å². The lowest BCUT2D eigenvalue weighted by Gasteiger charge is -2.25. The van der Waals surface area contributed by atoms with Crippen molar-refractivity contribution in [2.45, 2.75) is 24.2 Å². The van der Waals surface area contributed by atoms with Crippen LogP contribution in [0.15, 0.2) is 23.1 Å². The van der Waals surface area contributed by atoms with E-state index in [0.29, 0.717) is 0 Å². The molecule has 2 rings (SSSR count). The van der Waals surface area contributed by atoms with Gasteiger partial charge in [0, 0.05) is 10.2 Å². The van der Waals surface area contributed by atoms with Crippen LogP contribution in [-0.4, -0.2) is 12.9 Å². The van der Waals surface area contributed by atoms with E-state index in [2.05, 4.69) is 33.7 Å². The third-order valence-electron chi connectivity index (χ3n) is 2.92. The fourth-order valence-corrected chi connectivity index (χ4v) is 2.33. The summed E-state index contributed by atoms with van der Waals surface area (Å²) in [5.41, 5.74) is 0. The topological polar surface area (TPSA) is 9.23 Å². The van der Waals surface area contributed by atoms with E-state index < -0.39 is 0 Å². The molecule has 1 aliphatic carbocycles. The highest BCUT2D eigenvalue weighted by Gasteiger charge is 2.18. The van der Waals surface area contributed by atoms with Gasteiger partial charge in [-0.25, -0.2) is 0 Å². The Balaban J connectivity index is 1.98. The van der Waals surface area contributed by atoms with E-state index in [1.165, 1.54) is 24.2 Å². The minimum atomic E-state index is 0.798. The summed E-state index contributed by atoms with van der Waals surface area (Å²) in [6, 6.07) is 6.36. The van der Waals surface area contributed by atoms with Gasteiger partial charge in [-0.1, -0.05) is 12.5 Å². The average Bonchev–Trinajstić information content (AvgIpc) is 2.18. The highest BCUT2D eigenvalue weighted by atomic mass is 32.2. The fourth-order valence-electron chi connectivity index (χ4n) is 1.63. The number of hydrogen-bond donors (Lipinski definition) is 0. The normalized spacial score (nSPS) is 16.1. The van der Waals surface area contributed by atoms with Gasteiger partial charge in [-0.2, -0.15) is 0 Å². The smallest absolute Gasteiger partial charge is 0.127 e. The Morgan fingerprint density at radius 1 is 1.47 bits per heavy atom. The van der Waals surface area contributed by atoms with Gasteiger partial charge in [0.05, 0.1) is 6.61 Å². The van der Waals surface area contributed by atoms with Crippen LogP contribution in [-0.2, 0) is 0 Å². The summed E-state index contributed by atoms with van der Waals surface area (Å²) in [4.78, 5) is 1.27. The first-order valence-corrected chi connectivity index (χ1v) is 7.16. The molecule has 1 atom stereocenters. The minimum Gasteiger partial charge on any atom is -0.493 e. The Morgan fingerprint density at radius 3 is 2.87 bits per heavy atom. The molecule has 0 spiro atoms. The van der Waals surface area contributed by atoms with Crippen LogP contribution < -0.4 is 10.0 Å². The summed E-state index contributed by atoms with van der Waals surface area (Å²) in [5.74, 6) is 1.83. The molecule has 0 amide bonds. The van der Waals surface area contributed by atoms with Gasteiger partial charge < -0.3 is 4.74 Å². The third-order valence-corrected chi connectivity index (χ3v) is 4.12. The molecule has 3 heteroatoms. The largest absolute Gasteiger partial charge is 0.493 e. The molecule has 0 radical (unpaired) electrons. The van der Waals surface area contributed by atoms with Crippen LogP contribution in [0.3, 0.4) is 0 Å². The quantitative estimate of drug-likeness (QED) is 0.591. The second kappa shape index (κ2) is 5.23.